The highest BCUT2D eigenvalue weighted by Gasteiger charge is 2.45. The van der Waals surface area contributed by atoms with Gasteiger partial charge in [-0.15, -0.1) is 0 Å². The molecule has 1 aliphatic carbocycles. The van der Waals surface area contributed by atoms with Crippen molar-refractivity contribution in [1.82, 2.24) is 20.9 Å². The highest BCUT2D eigenvalue weighted by molar-refractivity contribution is 6.05. The van der Waals surface area contributed by atoms with Crippen LogP contribution in [0.1, 0.15) is 47.2 Å². The van der Waals surface area contributed by atoms with Crippen LogP contribution in [-0.4, -0.2) is 47.3 Å². The third kappa shape index (κ3) is 3.15. The highest BCUT2D eigenvalue weighted by Crippen LogP contribution is 2.40. The van der Waals surface area contributed by atoms with E-state index in [2.05, 4.69) is 16.0 Å². The summed E-state index contributed by atoms with van der Waals surface area (Å²) in [6.07, 6.45) is 3.28. The number of rotatable bonds is 5. The molecular weight excluding hydrogens is 344 g/mol. The fourth-order valence-electron chi connectivity index (χ4n) is 4.69. The van der Waals surface area contributed by atoms with Gasteiger partial charge < -0.3 is 15.5 Å². The van der Waals surface area contributed by atoms with Gasteiger partial charge in [-0.3, -0.25) is 19.7 Å². The second-order valence-electron chi connectivity index (χ2n) is 8.22. The normalized spacial score (nSPS) is 31.7. The first-order valence-corrected chi connectivity index (χ1v) is 9.82. The molecule has 7 nitrogen and oxygen atoms in total. The van der Waals surface area contributed by atoms with Gasteiger partial charge in [0.05, 0.1) is 0 Å². The van der Waals surface area contributed by atoms with Crippen molar-refractivity contribution in [2.24, 2.45) is 5.92 Å². The number of carbonyl (C=O) groups is 3. The summed E-state index contributed by atoms with van der Waals surface area (Å²) < 4.78 is 0. The molecule has 3 fully saturated rings. The second kappa shape index (κ2) is 6.42. The van der Waals surface area contributed by atoms with Gasteiger partial charge in [0.15, 0.2) is 0 Å². The maximum Gasteiger partial charge on any atom is 0.255 e. The van der Waals surface area contributed by atoms with Crippen LogP contribution in [0.3, 0.4) is 0 Å². The third-order valence-corrected chi connectivity index (χ3v) is 6.27. The van der Waals surface area contributed by atoms with Crippen LogP contribution in [-0.2, 0) is 22.7 Å². The Morgan fingerprint density at radius 2 is 2.07 bits per heavy atom. The van der Waals surface area contributed by atoms with Crippen molar-refractivity contribution < 1.29 is 14.4 Å². The third-order valence-electron chi connectivity index (χ3n) is 6.27. The molecule has 3 amide bonds. The number of hydrogen-bond donors (Lipinski definition) is 3. The Labute approximate surface area is 157 Å². The topological polar surface area (TPSA) is 90.5 Å². The molecule has 0 radical (unpaired) electrons. The molecule has 4 atom stereocenters. The van der Waals surface area contributed by atoms with Gasteiger partial charge in [0.1, 0.15) is 6.04 Å². The van der Waals surface area contributed by atoms with Crippen molar-refractivity contribution >= 4 is 17.7 Å². The van der Waals surface area contributed by atoms with Gasteiger partial charge >= 0.3 is 0 Å². The molecule has 0 aromatic heterocycles. The molecule has 0 spiro atoms. The quantitative estimate of drug-likeness (QED) is 0.650. The van der Waals surface area contributed by atoms with E-state index in [4.69, 9.17) is 0 Å². The zero-order chi connectivity index (χ0) is 18.5. The van der Waals surface area contributed by atoms with Gasteiger partial charge in [0.25, 0.3) is 5.91 Å². The monoisotopic (exact) mass is 368 g/mol. The number of nitrogens with zero attached hydrogens (tertiary/aromatic N) is 1. The van der Waals surface area contributed by atoms with Gasteiger partial charge in [-0.1, -0.05) is 12.1 Å². The summed E-state index contributed by atoms with van der Waals surface area (Å²) in [5, 5.41) is 9.45. The first kappa shape index (κ1) is 16.9. The summed E-state index contributed by atoms with van der Waals surface area (Å²) >= 11 is 0. The van der Waals surface area contributed by atoms with E-state index < -0.39 is 6.04 Å². The number of hydrogen-bond acceptors (Lipinski definition) is 5. The highest BCUT2D eigenvalue weighted by atomic mass is 16.2. The van der Waals surface area contributed by atoms with E-state index in [9.17, 15) is 14.4 Å². The minimum Gasteiger partial charge on any atom is -0.322 e. The van der Waals surface area contributed by atoms with Gasteiger partial charge in [0.2, 0.25) is 11.8 Å². The summed E-state index contributed by atoms with van der Waals surface area (Å²) in [7, 11) is 0. The van der Waals surface area contributed by atoms with Crippen LogP contribution in [0.5, 0.6) is 0 Å². The Morgan fingerprint density at radius 1 is 1.19 bits per heavy atom. The van der Waals surface area contributed by atoms with Crippen molar-refractivity contribution in [1.29, 1.82) is 0 Å². The average Bonchev–Trinajstić information content (AvgIpc) is 3.12. The van der Waals surface area contributed by atoms with Crippen LogP contribution in [0.15, 0.2) is 18.2 Å². The van der Waals surface area contributed by atoms with Crippen molar-refractivity contribution in [3.8, 4) is 0 Å². The predicted octanol–water partition coefficient (Wildman–Crippen LogP) is 0.288. The van der Waals surface area contributed by atoms with E-state index >= 15 is 0 Å². The number of benzene rings is 1. The largest absolute Gasteiger partial charge is 0.322 e. The standard InChI is InChI=1S/C20H24N4O3/c25-18-4-3-17(19(26)23-18)24-10-12-2-1-11(5-15(12)20(24)27)8-21-9-14-6-13-7-16(13)22-14/h1-2,5,13-14,16-17,21-22H,3-4,6-10H2,(H,23,25,26)/t13-,14+,16+,17?/m1/s1. The number of imide groups is 1. The van der Waals surface area contributed by atoms with Gasteiger partial charge in [-0.05, 0) is 42.4 Å². The molecule has 3 aliphatic heterocycles. The van der Waals surface area contributed by atoms with E-state index in [1.165, 1.54) is 12.8 Å². The average molecular weight is 368 g/mol. The van der Waals surface area contributed by atoms with E-state index in [0.29, 0.717) is 24.6 Å². The Kier molecular flexibility index (Phi) is 4.02. The van der Waals surface area contributed by atoms with Gasteiger partial charge in [-0.2, -0.15) is 0 Å². The fraction of sp³-hybridized carbons (Fsp3) is 0.550. The van der Waals surface area contributed by atoms with E-state index in [1.54, 1.807) is 4.90 Å². The zero-order valence-corrected chi connectivity index (χ0v) is 15.2. The smallest absolute Gasteiger partial charge is 0.255 e. The Bertz CT molecular complexity index is 813. The lowest BCUT2D eigenvalue weighted by molar-refractivity contribution is -0.136. The van der Waals surface area contributed by atoms with Crippen molar-refractivity contribution in [3.05, 3.63) is 34.9 Å². The SMILES string of the molecule is O=C1CCC(N2Cc3ccc(CNC[C@@H]4C[C@@H]5C[C@@H]5N4)cc3C2=O)C(=O)N1. The molecule has 4 aliphatic rings. The molecule has 1 saturated carbocycles. The number of fused-ring (bicyclic) bond motifs is 2. The first-order valence-electron chi connectivity index (χ1n) is 9.82. The maximum atomic E-state index is 12.8. The molecule has 0 bridgehead atoms. The van der Waals surface area contributed by atoms with Crippen LogP contribution in [0, 0.1) is 5.92 Å². The number of piperidine rings is 2. The van der Waals surface area contributed by atoms with Crippen LogP contribution in [0.4, 0.5) is 0 Å². The molecular formula is C20H24N4O3. The molecule has 142 valence electrons. The molecule has 5 rings (SSSR count). The summed E-state index contributed by atoms with van der Waals surface area (Å²) in [5.41, 5.74) is 2.71. The Balaban J connectivity index is 1.21. The second-order valence-corrected chi connectivity index (χ2v) is 8.22. The fourth-order valence-corrected chi connectivity index (χ4v) is 4.69. The minimum atomic E-state index is -0.552. The summed E-state index contributed by atoms with van der Waals surface area (Å²) in [5.74, 6) is 0.158. The number of amides is 3. The lowest BCUT2D eigenvalue weighted by Crippen LogP contribution is -2.52. The molecule has 3 heterocycles. The molecule has 7 heteroatoms. The lowest BCUT2D eigenvalue weighted by atomic mass is 10.0. The van der Waals surface area contributed by atoms with Crippen molar-refractivity contribution in [2.75, 3.05) is 6.54 Å². The Hall–Kier alpha value is -2.25. The van der Waals surface area contributed by atoms with Crippen LogP contribution in [0.2, 0.25) is 0 Å². The molecule has 1 aromatic carbocycles. The van der Waals surface area contributed by atoms with E-state index in [0.717, 1.165) is 36.2 Å². The lowest BCUT2D eigenvalue weighted by Gasteiger charge is -2.29. The van der Waals surface area contributed by atoms with Gasteiger partial charge in [-0.25, -0.2) is 0 Å². The molecule has 2 saturated heterocycles. The number of nitrogens with one attached hydrogen (secondary N) is 3. The van der Waals surface area contributed by atoms with Crippen molar-refractivity contribution in [3.63, 3.8) is 0 Å². The van der Waals surface area contributed by atoms with Crippen LogP contribution in [0.25, 0.3) is 0 Å². The molecule has 1 unspecified atom stereocenters. The minimum absolute atomic E-state index is 0.112. The predicted molar refractivity (Wildman–Crippen MR) is 97.6 cm³/mol. The maximum absolute atomic E-state index is 12.8. The van der Waals surface area contributed by atoms with Crippen LogP contribution < -0.4 is 16.0 Å². The van der Waals surface area contributed by atoms with E-state index in [-0.39, 0.29) is 24.1 Å². The van der Waals surface area contributed by atoms with E-state index in [1.807, 2.05) is 18.2 Å². The molecule has 1 aromatic rings. The van der Waals surface area contributed by atoms with Crippen molar-refractivity contribution in [2.45, 2.75) is 56.9 Å². The summed E-state index contributed by atoms with van der Waals surface area (Å²) in [4.78, 5) is 37.9. The molecule has 27 heavy (non-hydrogen) atoms. The Morgan fingerprint density at radius 3 is 2.85 bits per heavy atom. The number of carbonyl (C=O) groups excluding carboxylic acids is 3. The van der Waals surface area contributed by atoms with Gasteiger partial charge in [0, 0.05) is 43.7 Å². The summed E-state index contributed by atoms with van der Waals surface area (Å²) in [6.45, 7) is 2.11. The molecule has 3 N–H and O–H groups in total. The summed E-state index contributed by atoms with van der Waals surface area (Å²) in [6, 6.07) is 6.74. The van der Waals surface area contributed by atoms with Crippen LogP contribution >= 0.6 is 0 Å². The zero-order valence-electron chi connectivity index (χ0n) is 15.2. The first-order chi connectivity index (χ1) is 13.1.